The van der Waals surface area contributed by atoms with Crippen LogP contribution < -0.4 is 15.4 Å². The summed E-state index contributed by atoms with van der Waals surface area (Å²) in [5, 5.41) is 6.94. The number of piperidine rings is 1. The number of halogens is 1. The first-order valence-corrected chi connectivity index (χ1v) is 10.1. The van der Waals surface area contributed by atoms with Crippen LogP contribution in [0.4, 0.5) is 0 Å². The molecule has 28 heavy (non-hydrogen) atoms. The first-order valence-electron chi connectivity index (χ1n) is 10.1. The van der Waals surface area contributed by atoms with Crippen molar-refractivity contribution in [2.45, 2.75) is 45.8 Å². The highest BCUT2D eigenvalue weighted by molar-refractivity contribution is 14.0. The zero-order valence-corrected chi connectivity index (χ0v) is 20.1. The summed E-state index contributed by atoms with van der Waals surface area (Å²) in [4.78, 5) is 7.19. The molecule has 1 fully saturated rings. The van der Waals surface area contributed by atoms with Gasteiger partial charge >= 0.3 is 0 Å². The molecule has 160 valence electrons. The minimum absolute atomic E-state index is 0. The van der Waals surface area contributed by atoms with E-state index in [1.54, 1.807) is 7.11 Å². The van der Waals surface area contributed by atoms with Gasteiger partial charge in [0.2, 0.25) is 0 Å². The van der Waals surface area contributed by atoms with Gasteiger partial charge in [-0.3, -0.25) is 0 Å². The number of nitrogens with zero attached hydrogens (tertiary/aromatic N) is 2. The van der Waals surface area contributed by atoms with Crippen LogP contribution in [-0.4, -0.2) is 69.4 Å². The van der Waals surface area contributed by atoms with Gasteiger partial charge in [0.15, 0.2) is 5.96 Å². The Morgan fingerprint density at radius 2 is 1.93 bits per heavy atom. The molecule has 2 rings (SSSR count). The number of nitrogens with one attached hydrogen (secondary N) is 2. The van der Waals surface area contributed by atoms with Crippen molar-refractivity contribution in [1.82, 2.24) is 15.5 Å². The van der Waals surface area contributed by atoms with Crippen LogP contribution in [0.5, 0.6) is 5.75 Å². The van der Waals surface area contributed by atoms with E-state index < -0.39 is 0 Å². The van der Waals surface area contributed by atoms with E-state index in [9.17, 15) is 0 Å². The van der Waals surface area contributed by atoms with Crippen LogP contribution in [0.2, 0.25) is 0 Å². The topological polar surface area (TPSA) is 58.1 Å². The monoisotopic (exact) mass is 504 g/mol. The normalized spacial score (nSPS) is 16.9. The van der Waals surface area contributed by atoms with Crippen molar-refractivity contribution >= 4 is 29.9 Å². The fourth-order valence-corrected chi connectivity index (χ4v) is 3.14. The van der Waals surface area contributed by atoms with Gasteiger partial charge in [0.05, 0.1) is 13.2 Å². The summed E-state index contributed by atoms with van der Waals surface area (Å²) in [7, 11) is 1.76. The summed E-state index contributed by atoms with van der Waals surface area (Å²) in [6.07, 6.45) is 2.28. The third kappa shape index (κ3) is 9.43. The van der Waals surface area contributed by atoms with E-state index in [4.69, 9.17) is 14.5 Å². The Hall–Kier alpha value is -1.06. The van der Waals surface area contributed by atoms with Crippen molar-refractivity contribution in [1.29, 1.82) is 0 Å². The molecular formula is C21H37IN4O2. The molecule has 1 heterocycles. The van der Waals surface area contributed by atoms with Gasteiger partial charge in [0, 0.05) is 39.3 Å². The van der Waals surface area contributed by atoms with Crippen molar-refractivity contribution in [2.75, 3.05) is 46.4 Å². The summed E-state index contributed by atoms with van der Waals surface area (Å²) in [5.41, 5.74) is 1.24. The van der Waals surface area contributed by atoms with Crippen molar-refractivity contribution in [3.63, 3.8) is 0 Å². The minimum atomic E-state index is 0. The Labute approximate surface area is 187 Å². The first-order chi connectivity index (χ1) is 13.1. The van der Waals surface area contributed by atoms with E-state index in [0.717, 1.165) is 57.3 Å². The molecule has 0 aliphatic carbocycles. The lowest BCUT2D eigenvalue weighted by atomic mass is 10.1. The number of rotatable bonds is 9. The molecule has 1 unspecified atom stereocenters. The van der Waals surface area contributed by atoms with Gasteiger partial charge in [-0.1, -0.05) is 17.7 Å². The lowest BCUT2D eigenvalue weighted by Crippen LogP contribution is -2.49. The standard InChI is InChI=1S/C21H36N4O2.HI/c1-5-22-21(24-19-10-12-25(13-11-19)14-15-26-4)23-16-18(3)27-20-8-6-17(2)7-9-20;/h6-9,18-19H,5,10-16H2,1-4H3,(H2,22,23,24);1H. The van der Waals surface area contributed by atoms with E-state index in [2.05, 4.69) is 48.4 Å². The molecule has 6 nitrogen and oxygen atoms in total. The Morgan fingerprint density at radius 3 is 2.54 bits per heavy atom. The number of guanidine groups is 1. The van der Waals surface area contributed by atoms with Crippen molar-refractivity contribution in [3.05, 3.63) is 29.8 Å². The van der Waals surface area contributed by atoms with Crippen LogP contribution >= 0.6 is 24.0 Å². The SMILES string of the molecule is CCNC(=NCC(C)Oc1ccc(C)cc1)NC1CCN(CCOC)CC1.I. The third-order valence-electron chi connectivity index (χ3n) is 4.75. The lowest BCUT2D eigenvalue weighted by Gasteiger charge is -2.32. The molecule has 2 N–H and O–H groups in total. The van der Waals surface area contributed by atoms with Crippen LogP contribution in [0.1, 0.15) is 32.3 Å². The smallest absolute Gasteiger partial charge is 0.191 e. The van der Waals surface area contributed by atoms with E-state index in [-0.39, 0.29) is 30.1 Å². The molecule has 0 saturated carbocycles. The summed E-state index contributed by atoms with van der Waals surface area (Å²) in [6.45, 7) is 11.7. The Kier molecular flexibility index (Phi) is 12.5. The minimum Gasteiger partial charge on any atom is -0.489 e. The van der Waals surface area contributed by atoms with Gasteiger partial charge in [0.1, 0.15) is 11.9 Å². The Balaban J connectivity index is 0.00000392. The third-order valence-corrected chi connectivity index (χ3v) is 4.75. The molecule has 1 aliphatic heterocycles. The maximum atomic E-state index is 5.96. The second-order valence-corrected chi connectivity index (χ2v) is 7.21. The van der Waals surface area contributed by atoms with Gasteiger partial charge in [0.25, 0.3) is 0 Å². The van der Waals surface area contributed by atoms with Gasteiger partial charge in [-0.25, -0.2) is 4.99 Å². The van der Waals surface area contributed by atoms with Crippen LogP contribution in [0, 0.1) is 6.92 Å². The predicted molar refractivity (Wildman–Crippen MR) is 127 cm³/mol. The van der Waals surface area contributed by atoms with E-state index in [0.29, 0.717) is 12.6 Å². The highest BCUT2D eigenvalue weighted by Gasteiger charge is 2.19. The Bertz CT molecular complexity index is 560. The van der Waals surface area contributed by atoms with Crippen molar-refractivity contribution in [3.8, 4) is 5.75 Å². The molecule has 1 saturated heterocycles. The Morgan fingerprint density at radius 1 is 1.25 bits per heavy atom. The summed E-state index contributed by atoms with van der Waals surface area (Å²) in [5.74, 6) is 1.77. The molecule has 0 bridgehead atoms. The van der Waals surface area contributed by atoms with E-state index in [1.165, 1.54) is 5.56 Å². The molecule has 0 spiro atoms. The van der Waals surface area contributed by atoms with Crippen LogP contribution in [0.3, 0.4) is 0 Å². The summed E-state index contributed by atoms with van der Waals surface area (Å²) < 4.78 is 11.1. The average Bonchev–Trinajstić information content (AvgIpc) is 2.67. The molecule has 0 radical (unpaired) electrons. The van der Waals surface area contributed by atoms with Crippen LogP contribution in [0.15, 0.2) is 29.3 Å². The molecule has 1 aromatic rings. The van der Waals surface area contributed by atoms with E-state index in [1.807, 2.05) is 12.1 Å². The number of aliphatic imine (C=N–C) groups is 1. The van der Waals surface area contributed by atoms with Crippen molar-refractivity contribution in [2.24, 2.45) is 4.99 Å². The number of likely N-dealkylation sites (tertiary alicyclic amines) is 1. The zero-order valence-electron chi connectivity index (χ0n) is 17.7. The fraction of sp³-hybridized carbons (Fsp3) is 0.667. The number of methoxy groups -OCH3 is 1. The fourth-order valence-electron chi connectivity index (χ4n) is 3.14. The second-order valence-electron chi connectivity index (χ2n) is 7.21. The summed E-state index contributed by atoms with van der Waals surface area (Å²) in [6, 6.07) is 8.62. The molecule has 1 aromatic carbocycles. The number of hydrogen-bond donors (Lipinski definition) is 2. The largest absolute Gasteiger partial charge is 0.489 e. The average molecular weight is 504 g/mol. The molecule has 0 amide bonds. The lowest BCUT2D eigenvalue weighted by molar-refractivity contribution is 0.128. The van der Waals surface area contributed by atoms with Crippen molar-refractivity contribution < 1.29 is 9.47 Å². The predicted octanol–water partition coefficient (Wildman–Crippen LogP) is 3.05. The maximum absolute atomic E-state index is 5.96. The van der Waals surface area contributed by atoms with Gasteiger partial charge in [-0.05, 0) is 45.7 Å². The molecule has 0 aromatic heterocycles. The van der Waals surface area contributed by atoms with E-state index >= 15 is 0 Å². The first kappa shape index (κ1) is 25.0. The van der Waals surface area contributed by atoms with Gasteiger partial charge in [-0.2, -0.15) is 0 Å². The van der Waals surface area contributed by atoms with Crippen LogP contribution in [0.25, 0.3) is 0 Å². The number of benzene rings is 1. The highest BCUT2D eigenvalue weighted by Crippen LogP contribution is 2.13. The molecule has 7 heteroatoms. The van der Waals surface area contributed by atoms with Gasteiger partial charge < -0.3 is 25.0 Å². The quantitative estimate of drug-likeness (QED) is 0.308. The molecule has 1 atom stereocenters. The number of hydrogen-bond acceptors (Lipinski definition) is 4. The molecule has 1 aliphatic rings. The maximum Gasteiger partial charge on any atom is 0.191 e. The highest BCUT2D eigenvalue weighted by atomic mass is 127. The summed E-state index contributed by atoms with van der Waals surface area (Å²) >= 11 is 0. The molecular weight excluding hydrogens is 467 g/mol. The number of aryl methyl sites for hydroxylation is 1. The van der Waals surface area contributed by atoms with Crippen LogP contribution in [-0.2, 0) is 4.74 Å². The number of ether oxygens (including phenoxy) is 2. The zero-order chi connectivity index (χ0) is 19.5. The second kappa shape index (κ2) is 14.0. The van der Waals surface area contributed by atoms with Gasteiger partial charge in [-0.15, -0.1) is 24.0 Å².